The molecule has 3 aromatic heterocycles. The minimum atomic E-state index is -4.70. The molecule has 0 unspecified atom stereocenters. The predicted molar refractivity (Wildman–Crippen MR) is 336 cm³/mol. The van der Waals surface area contributed by atoms with Gasteiger partial charge in [-0.3, -0.25) is 13.7 Å². The number of rotatable bonds is 24. The first-order chi connectivity index (χ1) is 41.9. The summed E-state index contributed by atoms with van der Waals surface area (Å²) in [6.45, 7) is 10.6. The molecular weight excluding hydrogens is 1260 g/mol. The Balaban J connectivity index is 0.000000465. The van der Waals surface area contributed by atoms with Gasteiger partial charge in [-0.2, -0.15) is 59.5 Å². The normalized spacial score (nSPS) is 11.5. The van der Waals surface area contributed by atoms with Gasteiger partial charge < -0.3 is 50.8 Å². The van der Waals surface area contributed by atoms with Gasteiger partial charge in [0, 0.05) is 55.2 Å². The predicted octanol–water partition coefficient (Wildman–Crippen LogP) is 10.4. The zero-order chi connectivity index (χ0) is 64.3. The number of methoxy groups -OCH3 is 4. The fourth-order valence-corrected chi connectivity index (χ4v) is 12.5. The Morgan fingerprint density at radius 2 is 1.10 bits per heavy atom. The average molecular weight is 1320 g/mol. The van der Waals surface area contributed by atoms with Crippen molar-refractivity contribution in [3.05, 3.63) is 102 Å². The van der Waals surface area contributed by atoms with Crippen molar-refractivity contribution in [1.29, 1.82) is 10.5 Å². The van der Waals surface area contributed by atoms with Crippen LogP contribution in [0.5, 0.6) is 23.0 Å². The van der Waals surface area contributed by atoms with Crippen molar-refractivity contribution in [3.8, 4) is 57.7 Å². The Morgan fingerprint density at radius 3 is 1.60 bits per heavy atom. The second kappa shape index (κ2) is 28.7. The Morgan fingerprint density at radius 1 is 0.602 bits per heavy atom. The molecule has 0 radical (unpaired) electrons. The van der Waals surface area contributed by atoms with E-state index in [9.17, 15) is 44.2 Å². The van der Waals surface area contributed by atoms with Gasteiger partial charge in [0.05, 0.1) is 61.8 Å². The standard InChI is InChI=1S/C43H48N12O9S4.C11H9N3O4S2/c1-8-54(9-2)33-20-30(29(45)19-36(33)63-6)46-41-48-42(50-43(49-41)65-24-25-13-12-14-27(17-25)67(56,57)58)47-31-21-34(55(10-3)11-4)37(64-7)22-32(31)51-52-40-28(23-44)39(53-66-40)26-15-16-35(62-5)38(18-26)68(59,60)61;1-18-8-3-2-6(4-9(8)20(15,16)17)10-7(5-12)11(13)19-14-10/h12-22H,8-11,24,45H2,1-7H3,(H,56,57,58)(H,59,60,61)(H2,46,47,48,49,50);2-4H,13H2,1H3,(H,15,16,17). The quantitative estimate of drug-likeness (QED) is 0.0128. The highest BCUT2D eigenvalue weighted by molar-refractivity contribution is 7.98. The summed E-state index contributed by atoms with van der Waals surface area (Å²) in [5.74, 6) is 1.26. The number of benzene rings is 5. The molecule has 0 spiro atoms. The number of thioether (sulfide) groups is 1. The summed E-state index contributed by atoms with van der Waals surface area (Å²) in [5, 5.41) is 35.4. The molecule has 3 heterocycles. The molecule has 0 aliphatic heterocycles. The maximum atomic E-state index is 12.2. The van der Waals surface area contributed by atoms with E-state index in [-0.39, 0.29) is 83.0 Å². The Hall–Kier alpha value is -8.97. The van der Waals surface area contributed by atoms with Crippen molar-refractivity contribution < 1.29 is 57.9 Å². The van der Waals surface area contributed by atoms with E-state index < -0.39 is 40.1 Å². The lowest BCUT2D eigenvalue weighted by Crippen LogP contribution is -2.22. The van der Waals surface area contributed by atoms with E-state index in [0.29, 0.717) is 71.6 Å². The minimum Gasteiger partial charge on any atom is -0.495 e. The molecule has 8 rings (SSSR count). The highest BCUT2D eigenvalue weighted by Gasteiger charge is 2.25. The number of nitriles is 2. The summed E-state index contributed by atoms with van der Waals surface area (Å²) in [7, 11) is -7.99. The zero-order valence-electron chi connectivity index (χ0n) is 48.1. The lowest BCUT2D eigenvalue weighted by atomic mass is 10.1. The summed E-state index contributed by atoms with van der Waals surface area (Å²) in [6.07, 6.45) is 0. The molecule has 5 aromatic carbocycles. The molecule has 462 valence electrons. The topological polar surface area (TPSA) is 419 Å². The fourth-order valence-electron chi connectivity index (χ4n) is 8.51. The van der Waals surface area contributed by atoms with Crippen molar-refractivity contribution in [1.82, 2.24) is 23.7 Å². The van der Waals surface area contributed by atoms with E-state index >= 15 is 0 Å². The molecule has 28 nitrogen and oxygen atoms in total. The van der Waals surface area contributed by atoms with Gasteiger partial charge in [-0.15, -0.1) is 10.2 Å². The third-order valence-electron chi connectivity index (χ3n) is 12.8. The largest absolute Gasteiger partial charge is 0.495 e. The van der Waals surface area contributed by atoms with Crippen LogP contribution < -0.4 is 50.8 Å². The first kappa shape index (κ1) is 66.6. The Bertz CT molecular complexity index is 4360. The zero-order valence-corrected chi connectivity index (χ0v) is 53.0. The number of aromatic nitrogens is 5. The molecule has 88 heavy (non-hydrogen) atoms. The monoisotopic (exact) mass is 1320 g/mol. The van der Waals surface area contributed by atoms with Gasteiger partial charge in [0.15, 0.2) is 10.2 Å². The maximum Gasteiger partial charge on any atom is 0.298 e. The first-order valence-corrected chi connectivity index (χ1v) is 32.7. The van der Waals surface area contributed by atoms with Gasteiger partial charge in [-0.25, -0.2) is 0 Å². The van der Waals surface area contributed by atoms with Gasteiger partial charge in [-0.05, 0) is 117 Å². The minimum absolute atomic E-state index is 0.00189. The van der Waals surface area contributed by atoms with E-state index in [0.717, 1.165) is 34.8 Å². The Kier molecular flexibility index (Phi) is 21.7. The number of nitrogens with one attached hydrogen (secondary N) is 2. The number of nitrogens with two attached hydrogens (primary N) is 2. The van der Waals surface area contributed by atoms with Crippen LogP contribution in [0.2, 0.25) is 0 Å². The van der Waals surface area contributed by atoms with Crippen molar-refractivity contribution in [2.75, 3.05) is 86.5 Å². The molecular formula is C54H57N15O13S6. The van der Waals surface area contributed by atoms with E-state index in [1.165, 1.54) is 81.6 Å². The van der Waals surface area contributed by atoms with Crippen molar-refractivity contribution >= 4 is 121 Å². The van der Waals surface area contributed by atoms with Gasteiger partial charge in [-0.1, -0.05) is 23.9 Å². The van der Waals surface area contributed by atoms with E-state index in [1.54, 1.807) is 31.4 Å². The fraction of sp³-hybridized carbons (Fsp3) is 0.241. The number of hydrogen-bond donors (Lipinski definition) is 7. The number of ether oxygens (including phenoxy) is 4. The number of nitrogen functional groups attached to an aromatic ring is 2. The Labute approximate surface area is 519 Å². The second-order valence-corrected chi connectivity index (χ2v) is 24.7. The van der Waals surface area contributed by atoms with Crippen LogP contribution in [0.4, 0.5) is 56.0 Å². The molecule has 8 aromatic rings. The average Bonchev–Trinajstić information content (AvgIpc) is 3.72. The van der Waals surface area contributed by atoms with Crippen LogP contribution in [0.3, 0.4) is 0 Å². The van der Waals surface area contributed by atoms with Crippen LogP contribution in [0.25, 0.3) is 22.5 Å². The highest BCUT2D eigenvalue weighted by atomic mass is 32.2. The molecule has 0 saturated carbocycles. The number of azo groups is 1. The second-order valence-electron chi connectivity index (χ2n) is 18.0. The molecule has 34 heteroatoms. The molecule has 0 saturated heterocycles. The molecule has 0 atom stereocenters. The van der Waals surface area contributed by atoms with E-state index in [1.807, 2.05) is 39.8 Å². The molecule has 0 amide bonds. The van der Waals surface area contributed by atoms with Crippen LogP contribution >= 0.6 is 34.8 Å². The number of nitrogens with zero attached hydrogens (tertiary/aromatic N) is 11. The third kappa shape index (κ3) is 15.6. The number of anilines is 8. The van der Waals surface area contributed by atoms with E-state index in [4.69, 9.17) is 45.6 Å². The summed E-state index contributed by atoms with van der Waals surface area (Å²) >= 11 is 2.95. The summed E-state index contributed by atoms with van der Waals surface area (Å²) in [5.41, 5.74) is 16.7. The van der Waals surface area contributed by atoms with E-state index in [2.05, 4.69) is 50.5 Å². The third-order valence-corrected chi connectivity index (χ3v) is 17.7. The smallest absolute Gasteiger partial charge is 0.298 e. The van der Waals surface area contributed by atoms with Gasteiger partial charge in [0.1, 0.15) is 78.1 Å². The highest BCUT2D eigenvalue weighted by Crippen LogP contribution is 2.44. The summed E-state index contributed by atoms with van der Waals surface area (Å²) < 4.78 is 129. The van der Waals surface area contributed by atoms with Crippen LogP contribution in [-0.2, 0) is 36.1 Å². The maximum absolute atomic E-state index is 12.2. The number of hydrogen-bond acceptors (Lipinski definition) is 28. The summed E-state index contributed by atoms with van der Waals surface area (Å²) in [4.78, 5) is 17.1. The molecule has 0 aliphatic carbocycles. The first-order valence-electron chi connectivity index (χ1n) is 25.8. The van der Waals surface area contributed by atoms with Crippen molar-refractivity contribution in [2.24, 2.45) is 10.2 Å². The lowest BCUT2D eigenvalue weighted by Gasteiger charge is -2.25. The van der Waals surface area contributed by atoms with Gasteiger partial charge >= 0.3 is 0 Å². The van der Waals surface area contributed by atoms with Gasteiger partial charge in [0.25, 0.3) is 30.4 Å². The molecule has 0 aliphatic rings. The van der Waals surface area contributed by atoms with Crippen molar-refractivity contribution in [2.45, 2.75) is 53.3 Å². The molecule has 9 N–H and O–H groups in total. The van der Waals surface area contributed by atoms with Crippen LogP contribution in [0.1, 0.15) is 44.4 Å². The van der Waals surface area contributed by atoms with Crippen LogP contribution in [0.15, 0.2) is 115 Å². The SMILES string of the molecule is CCN(CC)c1cc(Nc2nc(Nc3cc(N(CC)CC)c(OC)cc3N=Nc3snc(-c4ccc(OC)c(S(=O)(=O)O)c4)c3C#N)nc(SCc3cccc(S(=O)(=O)O)c3)n2)c(N)cc1OC.COc1ccc(-c2nsc(N)c2C#N)cc1S(=O)(=O)O. The van der Waals surface area contributed by atoms with Crippen LogP contribution in [-0.4, -0.2) is 117 Å². The van der Waals surface area contributed by atoms with Gasteiger partial charge in [0.2, 0.25) is 11.9 Å². The lowest BCUT2D eigenvalue weighted by molar-refractivity contribution is 0.397. The molecule has 0 fully saturated rings. The summed E-state index contributed by atoms with van der Waals surface area (Å²) in [6, 6.07) is 24.9. The van der Waals surface area contributed by atoms with Crippen LogP contribution in [0, 0.1) is 22.7 Å². The van der Waals surface area contributed by atoms with Crippen molar-refractivity contribution in [3.63, 3.8) is 0 Å². The molecule has 0 bridgehead atoms.